The first-order valence-corrected chi connectivity index (χ1v) is 11.1. The molecule has 0 atom stereocenters. The van der Waals surface area contributed by atoms with E-state index in [1.165, 1.54) is 41.2 Å². The molecule has 0 radical (unpaired) electrons. The summed E-state index contributed by atoms with van der Waals surface area (Å²) in [6.07, 6.45) is 4.48. The molecule has 0 aliphatic carbocycles. The van der Waals surface area contributed by atoms with Gasteiger partial charge in [0.2, 0.25) is 0 Å². The first kappa shape index (κ1) is 18.5. The molecule has 7 heteroatoms. The Kier molecular flexibility index (Phi) is 5.38. The van der Waals surface area contributed by atoms with Crippen molar-refractivity contribution in [2.75, 3.05) is 11.6 Å². The second-order valence-electron chi connectivity index (χ2n) is 6.18. The van der Waals surface area contributed by atoms with Gasteiger partial charge in [0.1, 0.15) is 0 Å². The molecular weight excluding hydrogens is 368 g/mol. The van der Waals surface area contributed by atoms with Crippen LogP contribution in [-0.2, 0) is 16.3 Å². The molecule has 0 spiro atoms. The van der Waals surface area contributed by atoms with E-state index in [0.717, 1.165) is 35.7 Å². The number of hydrogen-bond acceptors (Lipinski definition) is 5. The number of anilines is 1. The number of unbranched alkanes of at least 4 members (excludes halogenated alkanes) is 1. The van der Waals surface area contributed by atoms with Gasteiger partial charge in [0.05, 0.1) is 15.1 Å². The fourth-order valence-corrected chi connectivity index (χ4v) is 4.14. The van der Waals surface area contributed by atoms with E-state index in [4.69, 9.17) is 0 Å². The van der Waals surface area contributed by atoms with Crippen LogP contribution in [0.2, 0.25) is 0 Å². The van der Waals surface area contributed by atoms with Crippen LogP contribution < -0.4 is 5.32 Å². The average molecular weight is 389 g/mol. The molecule has 3 rings (SSSR count). The number of aromatic nitrogens is 1. The Morgan fingerprint density at radius 2 is 1.88 bits per heavy atom. The second kappa shape index (κ2) is 7.55. The summed E-state index contributed by atoms with van der Waals surface area (Å²) in [5.41, 5.74) is 2.52. The molecule has 1 aromatic heterocycles. The number of carbonyl (C=O) groups is 1. The number of nitrogens with zero attached hydrogens (tertiary/aromatic N) is 1. The first-order chi connectivity index (χ1) is 12.4. The maximum absolute atomic E-state index is 12.4. The van der Waals surface area contributed by atoms with Crippen LogP contribution in [0.3, 0.4) is 0 Å². The molecule has 0 fully saturated rings. The maximum atomic E-state index is 12.4. The number of fused-ring (bicyclic) bond motifs is 1. The van der Waals surface area contributed by atoms with Crippen molar-refractivity contribution >= 4 is 42.4 Å². The molecule has 0 unspecified atom stereocenters. The van der Waals surface area contributed by atoms with E-state index in [9.17, 15) is 13.2 Å². The third-order valence-corrected chi connectivity index (χ3v) is 6.10. The van der Waals surface area contributed by atoms with Gasteiger partial charge in [0.25, 0.3) is 5.91 Å². The minimum atomic E-state index is -3.27. The van der Waals surface area contributed by atoms with Gasteiger partial charge in [-0.25, -0.2) is 13.4 Å². The minimum absolute atomic E-state index is 0.189. The van der Waals surface area contributed by atoms with Crippen LogP contribution in [-0.4, -0.2) is 25.6 Å². The number of benzene rings is 2. The third-order valence-electron chi connectivity index (χ3n) is 4.04. The van der Waals surface area contributed by atoms with Crippen LogP contribution in [0.25, 0.3) is 10.2 Å². The van der Waals surface area contributed by atoms with Gasteiger partial charge in [-0.2, -0.15) is 0 Å². The summed E-state index contributed by atoms with van der Waals surface area (Å²) in [5, 5.41) is 3.32. The topological polar surface area (TPSA) is 76.1 Å². The van der Waals surface area contributed by atoms with E-state index in [2.05, 4.69) is 29.4 Å². The summed E-state index contributed by atoms with van der Waals surface area (Å²) in [5.74, 6) is -0.310. The van der Waals surface area contributed by atoms with Gasteiger partial charge in [0.15, 0.2) is 15.0 Å². The Bertz CT molecular complexity index is 1040. The molecule has 0 saturated heterocycles. The summed E-state index contributed by atoms with van der Waals surface area (Å²) < 4.78 is 24.0. The van der Waals surface area contributed by atoms with E-state index in [-0.39, 0.29) is 10.8 Å². The largest absolute Gasteiger partial charge is 0.298 e. The smallest absolute Gasteiger partial charge is 0.257 e. The predicted octanol–water partition coefficient (Wildman–Crippen LogP) is 4.29. The minimum Gasteiger partial charge on any atom is -0.298 e. The highest BCUT2D eigenvalue weighted by Crippen LogP contribution is 2.27. The van der Waals surface area contributed by atoms with Gasteiger partial charge in [-0.15, -0.1) is 0 Å². The number of nitrogens with one attached hydrogen (secondary N) is 1. The monoisotopic (exact) mass is 388 g/mol. The van der Waals surface area contributed by atoms with Gasteiger partial charge in [0, 0.05) is 11.8 Å². The highest BCUT2D eigenvalue weighted by Gasteiger charge is 2.12. The lowest BCUT2D eigenvalue weighted by Gasteiger charge is -2.03. The van der Waals surface area contributed by atoms with Gasteiger partial charge in [-0.1, -0.05) is 30.7 Å². The maximum Gasteiger partial charge on any atom is 0.257 e. The molecule has 2 aromatic carbocycles. The Balaban J connectivity index is 1.76. The quantitative estimate of drug-likeness (QED) is 0.683. The summed E-state index contributed by atoms with van der Waals surface area (Å²) >= 11 is 1.44. The number of sulfone groups is 1. The zero-order valence-corrected chi connectivity index (χ0v) is 16.3. The first-order valence-electron chi connectivity index (χ1n) is 8.38. The normalized spacial score (nSPS) is 11.6. The van der Waals surface area contributed by atoms with Crippen molar-refractivity contribution in [1.29, 1.82) is 0 Å². The van der Waals surface area contributed by atoms with Crippen LogP contribution in [0.4, 0.5) is 5.13 Å². The van der Waals surface area contributed by atoms with Gasteiger partial charge in [-0.3, -0.25) is 10.1 Å². The van der Waals surface area contributed by atoms with Crippen molar-refractivity contribution in [1.82, 2.24) is 4.98 Å². The van der Waals surface area contributed by atoms with Crippen molar-refractivity contribution in [3.05, 3.63) is 53.6 Å². The van der Waals surface area contributed by atoms with Crippen LogP contribution in [0, 0.1) is 0 Å². The van der Waals surface area contributed by atoms with Crippen LogP contribution in [0.15, 0.2) is 47.4 Å². The molecule has 136 valence electrons. The Labute approximate surface area is 157 Å². The van der Waals surface area contributed by atoms with Crippen LogP contribution in [0.5, 0.6) is 0 Å². The van der Waals surface area contributed by atoms with E-state index in [1.54, 1.807) is 0 Å². The summed E-state index contributed by atoms with van der Waals surface area (Å²) in [4.78, 5) is 17.0. The Morgan fingerprint density at radius 1 is 1.15 bits per heavy atom. The SMILES string of the molecule is CCCCc1ccc2nc(NC(=O)c3ccc(S(C)(=O)=O)cc3)sc2c1. The van der Waals surface area contributed by atoms with Crippen LogP contribution >= 0.6 is 11.3 Å². The molecule has 1 amide bonds. The molecule has 3 aromatic rings. The van der Waals surface area contributed by atoms with E-state index in [1.807, 2.05) is 6.07 Å². The number of rotatable bonds is 6. The fourth-order valence-electron chi connectivity index (χ4n) is 2.58. The standard InChI is InChI=1S/C19H20N2O3S2/c1-3-4-5-13-6-11-16-17(12-13)25-19(20-16)21-18(22)14-7-9-15(10-8-14)26(2,23)24/h6-12H,3-5H2,1-2H3,(H,20,21,22). The number of amides is 1. The van der Waals surface area contributed by atoms with E-state index < -0.39 is 9.84 Å². The Hall–Kier alpha value is -2.25. The molecule has 0 aliphatic rings. The van der Waals surface area contributed by atoms with Gasteiger partial charge >= 0.3 is 0 Å². The summed E-state index contributed by atoms with van der Waals surface area (Å²) in [7, 11) is -3.27. The summed E-state index contributed by atoms with van der Waals surface area (Å²) in [6, 6.07) is 12.1. The van der Waals surface area contributed by atoms with E-state index >= 15 is 0 Å². The lowest BCUT2D eigenvalue weighted by atomic mass is 10.1. The predicted molar refractivity (Wildman–Crippen MR) is 106 cm³/mol. The molecule has 0 aliphatic heterocycles. The van der Waals surface area contributed by atoms with Gasteiger partial charge in [-0.05, 0) is 54.8 Å². The van der Waals surface area contributed by atoms with E-state index in [0.29, 0.717) is 10.7 Å². The highest BCUT2D eigenvalue weighted by atomic mass is 32.2. The average Bonchev–Trinajstić information content (AvgIpc) is 3.00. The zero-order chi connectivity index (χ0) is 18.7. The molecule has 5 nitrogen and oxygen atoms in total. The van der Waals surface area contributed by atoms with Gasteiger partial charge < -0.3 is 0 Å². The molecule has 0 saturated carbocycles. The highest BCUT2D eigenvalue weighted by molar-refractivity contribution is 7.90. The van der Waals surface area contributed by atoms with Crippen molar-refractivity contribution in [3.8, 4) is 0 Å². The fraction of sp³-hybridized carbons (Fsp3) is 0.263. The van der Waals surface area contributed by atoms with Crippen molar-refractivity contribution in [2.24, 2.45) is 0 Å². The van der Waals surface area contributed by atoms with Crippen molar-refractivity contribution in [3.63, 3.8) is 0 Å². The zero-order valence-electron chi connectivity index (χ0n) is 14.7. The number of carbonyl (C=O) groups excluding carboxylic acids is 1. The molecule has 26 heavy (non-hydrogen) atoms. The lowest BCUT2D eigenvalue weighted by molar-refractivity contribution is 0.102. The summed E-state index contributed by atoms with van der Waals surface area (Å²) in [6.45, 7) is 2.17. The molecule has 0 bridgehead atoms. The van der Waals surface area contributed by atoms with Crippen LogP contribution in [0.1, 0.15) is 35.7 Å². The lowest BCUT2D eigenvalue weighted by Crippen LogP contribution is -2.11. The molecular formula is C19H20N2O3S2. The van der Waals surface area contributed by atoms with Crippen molar-refractivity contribution in [2.45, 2.75) is 31.1 Å². The number of hydrogen-bond donors (Lipinski definition) is 1. The van der Waals surface area contributed by atoms with Crippen molar-refractivity contribution < 1.29 is 13.2 Å². The molecule has 1 N–H and O–H groups in total. The third kappa shape index (κ3) is 4.28. The number of aryl methyl sites for hydroxylation is 1. The second-order valence-corrected chi connectivity index (χ2v) is 9.22. The number of thiazole rings is 1. The Morgan fingerprint density at radius 3 is 2.54 bits per heavy atom. The molecule has 1 heterocycles.